The van der Waals surface area contributed by atoms with E-state index in [9.17, 15) is 19.2 Å². The maximum atomic E-state index is 13.6. The third kappa shape index (κ3) is 9.13. The first-order valence-electron chi connectivity index (χ1n) is 16.4. The highest BCUT2D eigenvalue weighted by molar-refractivity contribution is 5.91. The molecule has 1 aliphatic heterocycles. The summed E-state index contributed by atoms with van der Waals surface area (Å²) in [5.74, 6) is -2.72. The maximum Gasteiger partial charge on any atom is 0.338 e. The second-order valence-corrected chi connectivity index (χ2v) is 11.7. The van der Waals surface area contributed by atoms with Gasteiger partial charge in [-0.1, -0.05) is 103 Å². The van der Waals surface area contributed by atoms with Gasteiger partial charge in [0.15, 0.2) is 18.3 Å². The highest BCUT2D eigenvalue weighted by Crippen LogP contribution is 2.31. The van der Waals surface area contributed by atoms with E-state index in [0.717, 1.165) is 5.56 Å². The summed E-state index contributed by atoms with van der Waals surface area (Å²) in [5, 5.41) is 1.47. The molecular formula is C41H35NO9. The van der Waals surface area contributed by atoms with E-state index in [-0.39, 0.29) is 35.4 Å². The van der Waals surface area contributed by atoms with Crippen LogP contribution in [-0.2, 0) is 30.4 Å². The van der Waals surface area contributed by atoms with Crippen molar-refractivity contribution in [3.8, 4) is 0 Å². The van der Waals surface area contributed by atoms with Crippen LogP contribution in [0.5, 0.6) is 0 Å². The van der Waals surface area contributed by atoms with Gasteiger partial charge < -0.3 is 18.9 Å². The summed E-state index contributed by atoms with van der Waals surface area (Å²) in [5.41, 5.74) is 1.90. The fourth-order valence-electron chi connectivity index (χ4n) is 5.65. The van der Waals surface area contributed by atoms with Crippen LogP contribution < -0.4 is 0 Å². The van der Waals surface area contributed by atoms with Crippen LogP contribution in [0.2, 0.25) is 0 Å². The molecule has 0 saturated carbocycles. The molecule has 6 rings (SSSR count). The van der Waals surface area contributed by atoms with Crippen molar-refractivity contribution < 1.29 is 43.0 Å². The molecule has 1 saturated heterocycles. The molecule has 0 bridgehead atoms. The molecule has 258 valence electrons. The summed E-state index contributed by atoms with van der Waals surface area (Å²) < 4.78 is 23.9. The van der Waals surface area contributed by atoms with Crippen molar-refractivity contribution in [3.63, 3.8) is 0 Å². The number of hydroxylamine groups is 2. The van der Waals surface area contributed by atoms with Crippen LogP contribution in [0.3, 0.4) is 0 Å². The van der Waals surface area contributed by atoms with E-state index >= 15 is 0 Å². The Labute approximate surface area is 295 Å². The first-order chi connectivity index (χ1) is 25.0. The van der Waals surface area contributed by atoms with Gasteiger partial charge in [-0.05, 0) is 54.1 Å². The predicted molar refractivity (Wildman–Crippen MR) is 185 cm³/mol. The van der Waals surface area contributed by atoms with Crippen LogP contribution in [0.1, 0.15) is 47.0 Å². The lowest BCUT2D eigenvalue weighted by Crippen LogP contribution is -2.51. The van der Waals surface area contributed by atoms with E-state index in [4.69, 9.17) is 23.8 Å². The van der Waals surface area contributed by atoms with Crippen LogP contribution in [0.15, 0.2) is 152 Å². The number of carbonyl (C=O) groups is 4. The smallest absolute Gasteiger partial charge is 0.338 e. The van der Waals surface area contributed by atoms with Crippen LogP contribution in [-0.4, -0.2) is 66.4 Å². The molecule has 0 aromatic heterocycles. The summed E-state index contributed by atoms with van der Waals surface area (Å²) in [4.78, 5) is 60.1. The quantitative estimate of drug-likeness (QED) is 0.103. The van der Waals surface area contributed by atoms with Gasteiger partial charge in [0.1, 0.15) is 12.6 Å². The van der Waals surface area contributed by atoms with Crippen LogP contribution in [0.25, 0.3) is 0 Å². The molecule has 0 radical (unpaired) electrons. The highest BCUT2D eigenvalue weighted by Gasteiger charge is 2.53. The van der Waals surface area contributed by atoms with Crippen molar-refractivity contribution in [2.75, 3.05) is 13.2 Å². The predicted octanol–water partition coefficient (Wildman–Crippen LogP) is 6.34. The van der Waals surface area contributed by atoms with Gasteiger partial charge in [-0.15, -0.1) is 0 Å². The second-order valence-electron chi connectivity index (χ2n) is 11.7. The molecule has 1 heterocycles. The number of carbonyl (C=O) groups excluding carboxylic acids is 4. The largest absolute Gasteiger partial charge is 0.458 e. The Balaban J connectivity index is 1.37. The Morgan fingerprint density at radius 3 is 1.49 bits per heavy atom. The molecule has 0 N–H and O–H groups in total. The number of benzene rings is 5. The summed E-state index contributed by atoms with van der Waals surface area (Å²) in [7, 11) is 0. The molecule has 51 heavy (non-hydrogen) atoms. The Morgan fingerprint density at radius 2 is 0.980 bits per heavy atom. The Bertz CT molecular complexity index is 1890. The van der Waals surface area contributed by atoms with Crippen LogP contribution in [0.4, 0.5) is 0 Å². The summed E-state index contributed by atoms with van der Waals surface area (Å²) >= 11 is 0. The van der Waals surface area contributed by atoms with Crippen LogP contribution in [0, 0.1) is 0 Å². The molecule has 0 spiro atoms. The molecule has 10 heteroatoms. The number of hydrogen-bond acceptors (Lipinski definition) is 10. The molecule has 1 aliphatic rings. The van der Waals surface area contributed by atoms with E-state index < -0.39 is 54.8 Å². The number of ether oxygens (including phenoxy) is 4. The SMILES string of the molecule is O=C(OC[C@H](OC(=O)c1ccccc1)[C@@H]1[C@H](OC(=O)c2ccccc2)[C@@H](OC(=O)c2ccccc2)CN1OCc1ccccc1)c1ccccc1. The van der Waals surface area contributed by atoms with Gasteiger partial charge in [-0.2, -0.15) is 5.06 Å². The number of nitrogens with zero attached hydrogens (tertiary/aromatic N) is 1. The van der Waals surface area contributed by atoms with E-state index in [1.165, 1.54) is 5.06 Å². The molecular weight excluding hydrogens is 650 g/mol. The molecule has 5 aromatic carbocycles. The van der Waals surface area contributed by atoms with Crippen molar-refractivity contribution in [2.45, 2.75) is 31.0 Å². The molecule has 5 aromatic rings. The van der Waals surface area contributed by atoms with Gasteiger partial charge in [-0.25, -0.2) is 19.2 Å². The number of hydrogen-bond donors (Lipinski definition) is 0. The number of rotatable bonds is 13. The van der Waals surface area contributed by atoms with Crippen molar-refractivity contribution in [1.82, 2.24) is 5.06 Å². The summed E-state index contributed by atoms with van der Waals surface area (Å²) in [6.45, 7) is -0.436. The van der Waals surface area contributed by atoms with Crippen molar-refractivity contribution in [1.29, 1.82) is 0 Å². The average molecular weight is 686 g/mol. The third-order valence-corrected chi connectivity index (χ3v) is 8.19. The minimum Gasteiger partial charge on any atom is -0.458 e. The highest BCUT2D eigenvalue weighted by atomic mass is 16.7. The summed E-state index contributed by atoms with van der Waals surface area (Å²) in [6, 6.07) is 41.7. The lowest BCUT2D eigenvalue weighted by Gasteiger charge is -2.33. The molecule has 4 atom stereocenters. The van der Waals surface area contributed by atoms with Crippen LogP contribution >= 0.6 is 0 Å². The lowest BCUT2D eigenvalue weighted by molar-refractivity contribution is -0.209. The zero-order valence-corrected chi connectivity index (χ0v) is 27.5. The van der Waals surface area contributed by atoms with Gasteiger partial charge in [0.05, 0.1) is 35.4 Å². The maximum absolute atomic E-state index is 13.6. The monoisotopic (exact) mass is 685 g/mol. The van der Waals surface area contributed by atoms with E-state index in [1.54, 1.807) is 121 Å². The minimum atomic E-state index is -1.27. The first-order valence-corrected chi connectivity index (χ1v) is 16.4. The van der Waals surface area contributed by atoms with Gasteiger partial charge in [0, 0.05) is 0 Å². The zero-order chi connectivity index (χ0) is 35.4. The normalized spacial score (nSPS) is 17.5. The van der Waals surface area contributed by atoms with Gasteiger partial charge in [-0.3, -0.25) is 4.84 Å². The fraction of sp³-hybridized carbons (Fsp3) is 0.171. The van der Waals surface area contributed by atoms with Gasteiger partial charge in [0.25, 0.3) is 0 Å². The van der Waals surface area contributed by atoms with Crippen molar-refractivity contribution in [3.05, 3.63) is 179 Å². The van der Waals surface area contributed by atoms with Crippen molar-refractivity contribution >= 4 is 23.9 Å². The molecule has 1 fully saturated rings. The molecule has 10 nitrogen and oxygen atoms in total. The molecule has 0 amide bonds. The zero-order valence-electron chi connectivity index (χ0n) is 27.5. The van der Waals surface area contributed by atoms with E-state index in [0.29, 0.717) is 0 Å². The van der Waals surface area contributed by atoms with Gasteiger partial charge in [0.2, 0.25) is 0 Å². The van der Waals surface area contributed by atoms with E-state index in [1.807, 2.05) is 30.3 Å². The first kappa shape index (κ1) is 34.8. The minimum absolute atomic E-state index is 0.0746. The Morgan fingerprint density at radius 1 is 0.549 bits per heavy atom. The summed E-state index contributed by atoms with van der Waals surface area (Å²) in [6.07, 6.45) is -3.60. The standard InChI is InChI=1S/C41H35NO9/c43-38(30-18-8-2-9-19-30)47-28-35(50-40(45)32-22-12-4-13-23-32)36-37(51-41(46)33-24-14-5-15-25-33)34(49-39(44)31-20-10-3-11-21-31)26-42(36)48-27-29-16-6-1-7-17-29/h1-25,34-37H,26-28H2/t34-,35-,36+,37+/m0/s1. The number of esters is 4. The molecule has 0 aliphatic carbocycles. The van der Waals surface area contributed by atoms with Crippen molar-refractivity contribution in [2.24, 2.45) is 0 Å². The van der Waals surface area contributed by atoms with Gasteiger partial charge >= 0.3 is 23.9 Å². The second kappa shape index (κ2) is 17.0. The third-order valence-electron chi connectivity index (χ3n) is 8.19. The van der Waals surface area contributed by atoms with E-state index in [2.05, 4.69) is 0 Å². The topological polar surface area (TPSA) is 118 Å². The molecule has 0 unspecified atom stereocenters. The fourth-order valence-corrected chi connectivity index (χ4v) is 5.65. The lowest BCUT2D eigenvalue weighted by atomic mass is 10.0. The Hall–Kier alpha value is -6.10. The Kier molecular flexibility index (Phi) is 11.6. The average Bonchev–Trinajstić information content (AvgIpc) is 3.52.